The molecule has 0 bridgehead atoms. The Kier molecular flexibility index (Phi) is 7.56. The minimum atomic E-state index is 0.0243. The van der Waals surface area contributed by atoms with Crippen molar-refractivity contribution < 1.29 is 4.74 Å². The predicted octanol–water partition coefficient (Wildman–Crippen LogP) is 4.60. The van der Waals surface area contributed by atoms with Gasteiger partial charge in [0.25, 0.3) is 0 Å². The molecule has 0 atom stereocenters. The first-order valence-corrected chi connectivity index (χ1v) is 8.05. The van der Waals surface area contributed by atoms with Crippen molar-refractivity contribution >= 4 is 21.6 Å². The fraction of sp³-hybridized carbons (Fsp3) is 0.625. The number of nitrogens with one attached hydrogen (secondary N) is 2. The van der Waals surface area contributed by atoms with E-state index < -0.39 is 0 Å². The van der Waals surface area contributed by atoms with Crippen molar-refractivity contribution in [2.24, 2.45) is 5.92 Å². The summed E-state index contributed by atoms with van der Waals surface area (Å²) in [7, 11) is 0. The molecule has 0 unspecified atom stereocenters. The summed E-state index contributed by atoms with van der Waals surface area (Å²) in [4.78, 5) is 0. The van der Waals surface area contributed by atoms with Crippen LogP contribution in [0.15, 0.2) is 28.7 Å². The van der Waals surface area contributed by atoms with Crippen LogP contribution in [-0.2, 0) is 4.74 Å². The van der Waals surface area contributed by atoms with Gasteiger partial charge in [-0.3, -0.25) is 0 Å². The van der Waals surface area contributed by atoms with Gasteiger partial charge >= 0.3 is 0 Å². The lowest BCUT2D eigenvalue weighted by Gasteiger charge is -2.27. The van der Waals surface area contributed by atoms with Gasteiger partial charge < -0.3 is 10.2 Å². The first-order valence-electron chi connectivity index (χ1n) is 7.26. The van der Waals surface area contributed by atoms with Gasteiger partial charge in [0.1, 0.15) is 0 Å². The number of hydrogen-bond donors (Lipinski definition) is 2. The molecule has 4 heteroatoms. The van der Waals surface area contributed by atoms with E-state index in [0.717, 1.165) is 36.2 Å². The van der Waals surface area contributed by atoms with Gasteiger partial charge in [-0.1, -0.05) is 26.0 Å². The maximum absolute atomic E-state index is 5.62. The van der Waals surface area contributed by atoms with E-state index in [4.69, 9.17) is 4.74 Å². The second kappa shape index (κ2) is 8.65. The largest absolute Gasteiger partial charge is 0.381 e. The van der Waals surface area contributed by atoms with Crippen molar-refractivity contribution in [1.82, 2.24) is 5.43 Å². The third-order valence-corrected chi connectivity index (χ3v) is 3.64. The van der Waals surface area contributed by atoms with E-state index in [1.54, 1.807) is 0 Å². The minimum absolute atomic E-state index is 0.0243. The average molecular weight is 343 g/mol. The summed E-state index contributed by atoms with van der Waals surface area (Å²) in [5.74, 6) is 0.609. The molecule has 0 fully saturated rings. The molecule has 20 heavy (non-hydrogen) atoms. The number of hydrazine groups is 1. The summed E-state index contributed by atoms with van der Waals surface area (Å²) in [6.45, 7) is 10.4. The van der Waals surface area contributed by atoms with Gasteiger partial charge in [-0.15, -0.1) is 0 Å². The van der Waals surface area contributed by atoms with Gasteiger partial charge in [-0.05, 0) is 60.7 Å². The van der Waals surface area contributed by atoms with E-state index in [1.165, 1.54) is 0 Å². The first-order chi connectivity index (χ1) is 9.41. The normalized spacial score (nSPS) is 11.9. The Morgan fingerprint density at radius 1 is 1.25 bits per heavy atom. The van der Waals surface area contributed by atoms with Crippen LogP contribution >= 0.6 is 15.9 Å². The Balaban J connectivity index is 2.26. The molecule has 0 aliphatic rings. The number of benzene rings is 1. The average Bonchev–Trinajstić information content (AvgIpc) is 2.37. The number of ether oxygens (including phenoxy) is 1. The molecule has 0 saturated carbocycles. The standard InChI is InChI=1S/C16H27BrN2O/c1-13(2)12-20-11-7-10-16(3,4)19-18-15-9-6-5-8-14(15)17/h5-6,8-9,13,18-19H,7,10-12H2,1-4H3. The zero-order chi connectivity index (χ0) is 15.0. The van der Waals surface area contributed by atoms with Crippen LogP contribution in [0.3, 0.4) is 0 Å². The predicted molar refractivity (Wildman–Crippen MR) is 89.9 cm³/mol. The quantitative estimate of drug-likeness (QED) is 0.508. The number of rotatable bonds is 9. The van der Waals surface area contributed by atoms with Gasteiger partial charge in [-0.2, -0.15) is 0 Å². The third-order valence-electron chi connectivity index (χ3n) is 2.95. The maximum atomic E-state index is 5.62. The topological polar surface area (TPSA) is 33.3 Å². The fourth-order valence-electron chi connectivity index (χ4n) is 1.80. The van der Waals surface area contributed by atoms with Crippen LogP contribution in [-0.4, -0.2) is 18.8 Å². The van der Waals surface area contributed by atoms with Crippen LogP contribution in [0.1, 0.15) is 40.5 Å². The van der Waals surface area contributed by atoms with Gasteiger partial charge in [0, 0.05) is 23.2 Å². The van der Waals surface area contributed by atoms with Gasteiger partial charge in [0.2, 0.25) is 0 Å². The summed E-state index contributed by atoms with van der Waals surface area (Å²) >= 11 is 3.53. The molecule has 2 N–H and O–H groups in total. The highest BCUT2D eigenvalue weighted by Crippen LogP contribution is 2.21. The molecular formula is C16H27BrN2O. The number of anilines is 1. The SMILES string of the molecule is CC(C)COCCCC(C)(C)NNc1ccccc1Br. The first kappa shape index (κ1) is 17.5. The Morgan fingerprint density at radius 3 is 2.60 bits per heavy atom. The van der Waals surface area contributed by atoms with Crippen LogP contribution in [0.25, 0.3) is 0 Å². The molecule has 114 valence electrons. The van der Waals surface area contributed by atoms with Crippen LogP contribution in [0.5, 0.6) is 0 Å². The molecular weight excluding hydrogens is 316 g/mol. The number of para-hydroxylation sites is 1. The van der Waals surface area contributed by atoms with Gasteiger partial charge in [0.15, 0.2) is 0 Å². The Labute approximate surface area is 131 Å². The molecule has 1 rings (SSSR count). The van der Waals surface area contributed by atoms with Crippen molar-refractivity contribution in [2.75, 3.05) is 18.6 Å². The Morgan fingerprint density at radius 2 is 1.95 bits per heavy atom. The lowest BCUT2D eigenvalue weighted by molar-refractivity contribution is 0.102. The van der Waals surface area contributed by atoms with Crippen molar-refractivity contribution in [3.05, 3.63) is 28.7 Å². The molecule has 0 aliphatic heterocycles. The second-order valence-electron chi connectivity index (χ2n) is 6.19. The third kappa shape index (κ3) is 7.27. The Bertz CT molecular complexity index is 394. The Hall–Kier alpha value is -0.580. The van der Waals surface area contributed by atoms with E-state index >= 15 is 0 Å². The molecule has 0 saturated heterocycles. The van der Waals surface area contributed by atoms with Crippen LogP contribution in [0.4, 0.5) is 5.69 Å². The number of hydrogen-bond acceptors (Lipinski definition) is 3. The summed E-state index contributed by atoms with van der Waals surface area (Å²) in [6, 6.07) is 8.09. The van der Waals surface area contributed by atoms with Crippen molar-refractivity contribution in [3.8, 4) is 0 Å². The molecule has 0 heterocycles. The van der Waals surface area contributed by atoms with Crippen LogP contribution in [0, 0.1) is 5.92 Å². The van der Waals surface area contributed by atoms with Crippen molar-refractivity contribution in [1.29, 1.82) is 0 Å². The second-order valence-corrected chi connectivity index (χ2v) is 7.04. The summed E-state index contributed by atoms with van der Waals surface area (Å²) in [5.41, 5.74) is 7.73. The highest BCUT2D eigenvalue weighted by Gasteiger charge is 2.16. The highest BCUT2D eigenvalue weighted by molar-refractivity contribution is 9.10. The fourth-order valence-corrected chi connectivity index (χ4v) is 2.18. The lowest BCUT2D eigenvalue weighted by Crippen LogP contribution is -2.43. The van der Waals surface area contributed by atoms with Gasteiger partial charge in [0.05, 0.1) is 5.69 Å². The van der Waals surface area contributed by atoms with Crippen LogP contribution < -0.4 is 10.9 Å². The molecule has 0 aliphatic carbocycles. The van der Waals surface area contributed by atoms with Gasteiger partial charge in [-0.25, -0.2) is 5.43 Å². The van der Waals surface area contributed by atoms with E-state index in [-0.39, 0.29) is 5.54 Å². The molecule has 0 spiro atoms. The van der Waals surface area contributed by atoms with E-state index in [9.17, 15) is 0 Å². The molecule has 1 aromatic carbocycles. The summed E-state index contributed by atoms with van der Waals surface area (Å²) in [5, 5.41) is 0. The number of halogens is 1. The van der Waals surface area contributed by atoms with E-state index in [0.29, 0.717) is 5.92 Å². The van der Waals surface area contributed by atoms with Crippen LogP contribution in [0.2, 0.25) is 0 Å². The van der Waals surface area contributed by atoms with E-state index in [1.807, 2.05) is 24.3 Å². The minimum Gasteiger partial charge on any atom is -0.381 e. The lowest BCUT2D eigenvalue weighted by atomic mass is 10.00. The molecule has 0 amide bonds. The zero-order valence-electron chi connectivity index (χ0n) is 13.0. The molecule has 1 aromatic rings. The summed E-state index contributed by atoms with van der Waals surface area (Å²) in [6.07, 6.45) is 2.12. The summed E-state index contributed by atoms with van der Waals surface area (Å²) < 4.78 is 6.68. The molecule has 0 radical (unpaired) electrons. The van der Waals surface area contributed by atoms with E-state index in [2.05, 4.69) is 54.5 Å². The smallest absolute Gasteiger partial charge is 0.0629 e. The maximum Gasteiger partial charge on any atom is 0.0629 e. The highest BCUT2D eigenvalue weighted by atomic mass is 79.9. The zero-order valence-corrected chi connectivity index (χ0v) is 14.6. The molecule has 0 aromatic heterocycles. The molecule has 3 nitrogen and oxygen atoms in total. The van der Waals surface area contributed by atoms with Crippen molar-refractivity contribution in [3.63, 3.8) is 0 Å². The monoisotopic (exact) mass is 342 g/mol. The van der Waals surface area contributed by atoms with Crippen molar-refractivity contribution in [2.45, 2.75) is 46.1 Å².